The molecule has 1 N–H and O–H groups in total. The van der Waals surface area contributed by atoms with Crippen LogP contribution in [0.2, 0.25) is 0 Å². The summed E-state index contributed by atoms with van der Waals surface area (Å²) in [6, 6.07) is 7.88. The van der Waals surface area contributed by atoms with E-state index in [1.807, 2.05) is 37.2 Å². The molecular formula is C15H24N2O2. The Labute approximate surface area is 115 Å². The summed E-state index contributed by atoms with van der Waals surface area (Å²) in [5, 5.41) is 2.82. The van der Waals surface area contributed by atoms with Crippen LogP contribution in [0, 0.1) is 0 Å². The molecule has 0 radical (unpaired) electrons. The van der Waals surface area contributed by atoms with Crippen molar-refractivity contribution >= 4 is 5.91 Å². The molecule has 1 rings (SSSR count). The maximum atomic E-state index is 11.6. The maximum absolute atomic E-state index is 11.6. The SMILES string of the molecule is CC(C)c1cccc(OCC(=O)NCCN(C)C)c1. The van der Waals surface area contributed by atoms with Gasteiger partial charge in [0.1, 0.15) is 5.75 Å². The molecule has 1 aromatic carbocycles. The molecule has 106 valence electrons. The molecule has 0 aliphatic carbocycles. The van der Waals surface area contributed by atoms with E-state index in [2.05, 4.69) is 25.2 Å². The van der Waals surface area contributed by atoms with Gasteiger partial charge in [0.15, 0.2) is 6.61 Å². The van der Waals surface area contributed by atoms with Crippen molar-refractivity contribution in [2.75, 3.05) is 33.8 Å². The molecule has 0 aromatic heterocycles. The summed E-state index contributed by atoms with van der Waals surface area (Å²) >= 11 is 0. The van der Waals surface area contributed by atoms with Crippen LogP contribution in [0.3, 0.4) is 0 Å². The fourth-order valence-electron chi connectivity index (χ4n) is 1.58. The van der Waals surface area contributed by atoms with Crippen molar-refractivity contribution in [2.45, 2.75) is 19.8 Å². The van der Waals surface area contributed by atoms with Crippen LogP contribution in [0.1, 0.15) is 25.3 Å². The Hall–Kier alpha value is -1.55. The Morgan fingerprint density at radius 2 is 2.11 bits per heavy atom. The molecule has 0 spiro atoms. The quantitative estimate of drug-likeness (QED) is 0.817. The van der Waals surface area contributed by atoms with Crippen LogP contribution in [0.25, 0.3) is 0 Å². The van der Waals surface area contributed by atoms with Crippen molar-refractivity contribution in [1.82, 2.24) is 10.2 Å². The lowest BCUT2D eigenvalue weighted by atomic mass is 10.0. The van der Waals surface area contributed by atoms with Gasteiger partial charge in [-0.1, -0.05) is 26.0 Å². The van der Waals surface area contributed by atoms with Crippen LogP contribution in [-0.2, 0) is 4.79 Å². The van der Waals surface area contributed by atoms with Crippen LogP contribution >= 0.6 is 0 Å². The molecule has 0 saturated heterocycles. The van der Waals surface area contributed by atoms with E-state index in [1.165, 1.54) is 5.56 Å². The number of rotatable bonds is 7. The monoisotopic (exact) mass is 264 g/mol. The molecule has 0 aliphatic heterocycles. The van der Waals surface area contributed by atoms with Gasteiger partial charge in [0.05, 0.1) is 0 Å². The minimum atomic E-state index is -0.0863. The van der Waals surface area contributed by atoms with Crippen molar-refractivity contribution < 1.29 is 9.53 Å². The zero-order chi connectivity index (χ0) is 14.3. The van der Waals surface area contributed by atoms with Crippen molar-refractivity contribution in [1.29, 1.82) is 0 Å². The third-order valence-electron chi connectivity index (χ3n) is 2.78. The van der Waals surface area contributed by atoms with Crippen molar-refractivity contribution in [3.8, 4) is 5.75 Å². The van der Waals surface area contributed by atoms with E-state index >= 15 is 0 Å². The van der Waals surface area contributed by atoms with Crippen LogP contribution in [0.4, 0.5) is 0 Å². The molecular weight excluding hydrogens is 240 g/mol. The second-order valence-electron chi connectivity index (χ2n) is 5.17. The fraction of sp³-hybridized carbons (Fsp3) is 0.533. The summed E-state index contributed by atoms with van der Waals surface area (Å²) in [6.07, 6.45) is 0. The number of nitrogens with zero attached hydrogens (tertiary/aromatic N) is 1. The summed E-state index contributed by atoms with van der Waals surface area (Å²) in [5.74, 6) is 1.11. The molecule has 4 heteroatoms. The summed E-state index contributed by atoms with van der Waals surface area (Å²) in [6.45, 7) is 5.80. The van der Waals surface area contributed by atoms with Crippen LogP contribution in [-0.4, -0.2) is 44.6 Å². The number of hydrogen-bond donors (Lipinski definition) is 1. The van der Waals surface area contributed by atoms with E-state index in [4.69, 9.17) is 4.74 Å². The number of carbonyl (C=O) groups excluding carboxylic acids is 1. The molecule has 0 unspecified atom stereocenters. The highest BCUT2D eigenvalue weighted by Gasteiger charge is 2.04. The number of nitrogens with one attached hydrogen (secondary N) is 1. The molecule has 0 bridgehead atoms. The summed E-state index contributed by atoms with van der Waals surface area (Å²) < 4.78 is 5.49. The minimum Gasteiger partial charge on any atom is -0.484 e. The molecule has 0 heterocycles. The number of benzene rings is 1. The van der Waals surface area contributed by atoms with Gasteiger partial charge in [-0.25, -0.2) is 0 Å². The van der Waals surface area contributed by atoms with E-state index in [-0.39, 0.29) is 12.5 Å². The van der Waals surface area contributed by atoms with Gasteiger partial charge in [0.2, 0.25) is 0 Å². The topological polar surface area (TPSA) is 41.6 Å². The zero-order valence-corrected chi connectivity index (χ0v) is 12.3. The highest BCUT2D eigenvalue weighted by Crippen LogP contribution is 2.19. The Bertz CT molecular complexity index is 403. The smallest absolute Gasteiger partial charge is 0.257 e. The van der Waals surface area contributed by atoms with E-state index in [9.17, 15) is 4.79 Å². The summed E-state index contributed by atoms with van der Waals surface area (Å²) in [4.78, 5) is 13.6. The lowest BCUT2D eigenvalue weighted by molar-refractivity contribution is -0.123. The standard InChI is InChI=1S/C15H24N2O2/c1-12(2)13-6-5-7-14(10-13)19-11-15(18)16-8-9-17(3)4/h5-7,10,12H,8-9,11H2,1-4H3,(H,16,18). The third kappa shape index (κ3) is 6.25. The van der Waals surface area contributed by atoms with Gasteiger partial charge in [-0.15, -0.1) is 0 Å². The predicted molar refractivity (Wildman–Crippen MR) is 77.6 cm³/mol. The second kappa shape index (κ2) is 7.79. The molecule has 1 aromatic rings. The van der Waals surface area contributed by atoms with Gasteiger partial charge >= 0.3 is 0 Å². The van der Waals surface area contributed by atoms with Gasteiger partial charge < -0.3 is 15.0 Å². The van der Waals surface area contributed by atoms with E-state index in [1.54, 1.807) is 0 Å². The Kier molecular flexibility index (Phi) is 6.36. The fourth-order valence-corrected chi connectivity index (χ4v) is 1.58. The lowest BCUT2D eigenvalue weighted by Gasteiger charge is -2.12. The predicted octanol–water partition coefficient (Wildman–Crippen LogP) is 1.87. The van der Waals surface area contributed by atoms with E-state index in [0.29, 0.717) is 12.5 Å². The minimum absolute atomic E-state index is 0.0645. The first-order chi connectivity index (χ1) is 8.99. The Balaban J connectivity index is 2.35. The van der Waals surface area contributed by atoms with Crippen LogP contribution in [0.5, 0.6) is 5.75 Å². The molecule has 0 atom stereocenters. The highest BCUT2D eigenvalue weighted by molar-refractivity contribution is 5.77. The van der Waals surface area contributed by atoms with E-state index in [0.717, 1.165) is 12.3 Å². The number of ether oxygens (including phenoxy) is 1. The third-order valence-corrected chi connectivity index (χ3v) is 2.78. The summed E-state index contributed by atoms with van der Waals surface area (Å²) in [7, 11) is 3.94. The number of amides is 1. The number of carbonyl (C=O) groups is 1. The summed E-state index contributed by atoms with van der Waals surface area (Å²) in [5.41, 5.74) is 1.21. The van der Waals surface area contributed by atoms with Crippen LogP contribution in [0.15, 0.2) is 24.3 Å². The Morgan fingerprint density at radius 3 is 2.74 bits per heavy atom. The van der Waals surface area contributed by atoms with Gasteiger partial charge in [0, 0.05) is 13.1 Å². The lowest BCUT2D eigenvalue weighted by Crippen LogP contribution is -2.34. The molecule has 19 heavy (non-hydrogen) atoms. The molecule has 0 aliphatic rings. The van der Waals surface area contributed by atoms with E-state index < -0.39 is 0 Å². The molecule has 4 nitrogen and oxygen atoms in total. The first-order valence-corrected chi connectivity index (χ1v) is 6.63. The Morgan fingerprint density at radius 1 is 1.37 bits per heavy atom. The van der Waals surface area contributed by atoms with Gasteiger partial charge in [-0.05, 0) is 37.7 Å². The first-order valence-electron chi connectivity index (χ1n) is 6.63. The van der Waals surface area contributed by atoms with Crippen LogP contribution < -0.4 is 10.1 Å². The zero-order valence-electron chi connectivity index (χ0n) is 12.3. The molecule has 0 fully saturated rings. The average Bonchev–Trinajstić information content (AvgIpc) is 2.36. The van der Waals surface area contributed by atoms with Gasteiger partial charge in [-0.2, -0.15) is 0 Å². The van der Waals surface area contributed by atoms with Gasteiger partial charge in [0.25, 0.3) is 5.91 Å². The molecule has 0 saturated carbocycles. The number of hydrogen-bond acceptors (Lipinski definition) is 3. The largest absolute Gasteiger partial charge is 0.484 e. The van der Waals surface area contributed by atoms with Crippen molar-refractivity contribution in [3.05, 3.63) is 29.8 Å². The average molecular weight is 264 g/mol. The first kappa shape index (κ1) is 15.5. The second-order valence-corrected chi connectivity index (χ2v) is 5.17. The van der Waals surface area contributed by atoms with Crippen molar-refractivity contribution in [3.63, 3.8) is 0 Å². The maximum Gasteiger partial charge on any atom is 0.257 e. The number of likely N-dealkylation sites (N-methyl/N-ethyl adjacent to an activating group) is 1. The highest BCUT2D eigenvalue weighted by atomic mass is 16.5. The van der Waals surface area contributed by atoms with Gasteiger partial charge in [-0.3, -0.25) is 4.79 Å². The normalized spacial score (nSPS) is 10.8. The van der Waals surface area contributed by atoms with Crippen molar-refractivity contribution in [2.24, 2.45) is 0 Å². The molecule has 1 amide bonds.